The van der Waals surface area contributed by atoms with Gasteiger partial charge in [0.05, 0.1) is 4.92 Å². The molecule has 0 amide bonds. The van der Waals surface area contributed by atoms with E-state index in [9.17, 15) is 10.1 Å². The summed E-state index contributed by atoms with van der Waals surface area (Å²) >= 11 is 0. The summed E-state index contributed by atoms with van der Waals surface area (Å²) in [5.41, 5.74) is 2.84. The smallest absolute Gasteiger partial charge is 0.386 e. The first kappa shape index (κ1) is 23.6. The molecule has 0 atom stereocenters. The molecule has 0 aliphatic rings. The third-order valence-corrected chi connectivity index (χ3v) is 4.99. The van der Waals surface area contributed by atoms with Gasteiger partial charge in [-0.15, -0.1) is 0 Å². The summed E-state index contributed by atoms with van der Waals surface area (Å²) in [5.74, 6) is 1.61. The number of nitro benzene ring substituents is 1. The molecular weight excluding hydrogens is 446 g/mol. The van der Waals surface area contributed by atoms with Gasteiger partial charge in [-0.2, -0.15) is 0 Å². The van der Waals surface area contributed by atoms with E-state index in [-0.39, 0.29) is 11.4 Å². The van der Waals surface area contributed by atoms with E-state index in [0.717, 1.165) is 16.7 Å². The van der Waals surface area contributed by atoms with Crippen LogP contribution >= 0.6 is 0 Å². The van der Waals surface area contributed by atoms with Crippen molar-refractivity contribution in [1.29, 1.82) is 0 Å². The van der Waals surface area contributed by atoms with Gasteiger partial charge in [0.25, 0.3) is 5.69 Å². The summed E-state index contributed by atoms with van der Waals surface area (Å²) in [7, 11) is 0. The van der Waals surface area contributed by atoms with Gasteiger partial charge in [-0.05, 0) is 86.0 Å². The number of non-ortho nitro benzene ring substituents is 1. The van der Waals surface area contributed by atoms with E-state index in [1.807, 2.05) is 75.4 Å². The summed E-state index contributed by atoms with van der Waals surface area (Å²) in [5, 5.41) is 11.1. The van der Waals surface area contributed by atoms with Crippen molar-refractivity contribution < 1.29 is 23.9 Å². The van der Waals surface area contributed by atoms with Gasteiger partial charge < -0.3 is 18.9 Å². The summed E-state index contributed by atoms with van der Waals surface area (Å²) in [6.45, 7) is 5.82. The number of aryl methyl sites for hydroxylation is 3. The van der Waals surface area contributed by atoms with Crippen molar-refractivity contribution in [3.05, 3.63) is 124 Å². The molecule has 0 N–H and O–H groups in total. The lowest BCUT2D eigenvalue weighted by Gasteiger charge is -2.32. The molecule has 0 heterocycles. The number of nitro groups is 1. The summed E-state index contributed by atoms with van der Waals surface area (Å²) in [6.07, 6.45) is -2.09. The first-order chi connectivity index (χ1) is 16.8. The van der Waals surface area contributed by atoms with Gasteiger partial charge in [0.1, 0.15) is 23.0 Å². The highest BCUT2D eigenvalue weighted by Gasteiger charge is 2.44. The lowest BCUT2D eigenvalue weighted by molar-refractivity contribution is -0.385. The van der Waals surface area contributed by atoms with Gasteiger partial charge in [-0.1, -0.05) is 36.4 Å². The van der Waals surface area contributed by atoms with Crippen molar-refractivity contribution in [3.8, 4) is 23.0 Å². The number of ether oxygens (including phenoxy) is 4. The summed E-state index contributed by atoms with van der Waals surface area (Å²) < 4.78 is 24.9. The highest BCUT2D eigenvalue weighted by Crippen LogP contribution is 2.31. The first-order valence-corrected chi connectivity index (χ1v) is 11.0. The molecule has 4 aromatic carbocycles. The average Bonchev–Trinajstić information content (AvgIpc) is 2.79. The third kappa shape index (κ3) is 6.29. The average molecular weight is 472 g/mol. The minimum atomic E-state index is -2.09. The maximum Gasteiger partial charge on any atom is 0.611 e. The second-order valence-electron chi connectivity index (χ2n) is 8.11. The van der Waals surface area contributed by atoms with Crippen LogP contribution in [0.15, 0.2) is 97.1 Å². The molecule has 0 saturated heterocycles. The van der Waals surface area contributed by atoms with Crippen molar-refractivity contribution in [2.24, 2.45) is 0 Å². The zero-order valence-electron chi connectivity index (χ0n) is 19.6. The molecule has 0 radical (unpaired) electrons. The lowest BCUT2D eigenvalue weighted by atomic mass is 10.2. The second kappa shape index (κ2) is 10.2. The summed E-state index contributed by atoms with van der Waals surface area (Å²) in [6, 6.07) is 27.7. The van der Waals surface area contributed by atoms with E-state index >= 15 is 0 Å². The fourth-order valence-electron chi connectivity index (χ4n) is 3.37. The van der Waals surface area contributed by atoms with Crippen LogP contribution in [0.25, 0.3) is 0 Å². The van der Waals surface area contributed by atoms with Gasteiger partial charge in [0.2, 0.25) is 0 Å². The Bertz CT molecular complexity index is 1200. The van der Waals surface area contributed by atoms with Crippen molar-refractivity contribution in [2.45, 2.75) is 26.9 Å². The van der Waals surface area contributed by atoms with Gasteiger partial charge in [-0.25, -0.2) is 0 Å². The zero-order valence-corrected chi connectivity index (χ0v) is 19.6. The number of nitrogens with zero attached hydrogens (tertiary/aromatic N) is 1. The molecular formula is C28H25NO6. The SMILES string of the molecule is Cc1cccc(OC(Oc2ccc([N+](=O)[O-])cc2)(Oc2cccc(C)c2)Oc2cccc(C)c2)c1. The molecule has 0 bridgehead atoms. The Morgan fingerprint density at radius 3 is 1.29 bits per heavy atom. The molecule has 4 aromatic rings. The van der Waals surface area contributed by atoms with Gasteiger partial charge in [-0.3, -0.25) is 10.1 Å². The van der Waals surface area contributed by atoms with Gasteiger partial charge in [0.15, 0.2) is 0 Å². The van der Waals surface area contributed by atoms with Gasteiger partial charge >= 0.3 is 6.16 Å². The van der Waals surface area contributed by atoms with Crippen LogP contribution in [0.5, 0.6) is 23.0 Å². The van der Waals surface area contributed by atoms with E-state index < -0.39 is 11.1 Å². The molecule has 7 nitrogen and oxygen atoms in total. The van der Waals surface area contributed by atoms with Crippen LogP contribution in [0.1, 0.15) is 16.7 Å². The molecule has 178 valence electrons. The van der Waals surface area contributed by atoms with Crippen molar-refractivity contribution in [3.63, 3.8) is 0 Å². The number of hydrogen-bond acceptors (Lipinski definition) is 6. The first-order valence-electron chi connectivity index (χ1n) is 11.0. The maximum atomic E-state index is 11.1. The minimum Gasteiger partial charge on any atom is -0.386 e. The molecule has 35 heavy (non-hydrogen) atoms. The highest BCUT2D eigenvalue weighted by molar-refractivity contribution is 5.37. The van der Waals surface area contributed by atoms with Crippen LogP contribution in [-0.4, -0.2) is 11.1 Å². The Labute approximate surface area is 203 Å². The van der Waals surface area contributed by atoms with Gasteiger partial charge in [0, 0.05) is 12.1 Å². The van der Waals surface area contributed by atoms with Crippen LogP contribution in [-0.2, 0) is 0 Å². The molecule has 0 aliphatic carbocycles. The Balaban J connectivity index is 1.80. The van der Waals surface area contributed by atoms with Crippen LogP contribution in [0.2, 0.25) is 0 Å². The van der Waals surface area contributed by atoms with Crippen LogP contribution in [0, 0.1) is 30.9 Å². The lowest BCUT2D eigenvalue weighted by Crippen LogP contribution is -2.53. The molecule has 0 saturated carbocycles. The fourth-order valence-corrected chi connectivity index (χ4v) is 3.37. The number of rotatable bonds is 9. The zero-order chi connectivity index (χ0) is 24.8. The standard InChI is InChI=1S/C28H25NO6/c1-20-7-4-10-25(17-20)33-28(34-26-11-5-8-21(2)18-26,35-27-12-6-9-22(3)19-27)32-24-15-13-23(14-16-24)29(30)31/h4-19H,1-3H3. The Hall–Kier alpha value is -4.52. The molecule has 7 heteroatoms. The van der Waals surface area contributed by atoms with E-state index in [1.165, 1.54) is 24.3 Å². The minimum absolute atomic E-state index is 0.0678. The topological polar surface area (TPSA) is 80.1 Å². The summed E-state index contributed by atoms with van der Waals surface area (Å²) in [4.78, 5) is 10.6. The van der Waals surface area contributed by atoms with Crippen molar-refractivity contribution in [2.75, 3.05) is 0 Å². The Morgan fingerprint density at radius 2 is 0.943 bits per heavy atom. The monoisotopic (exact) mass is 471 g/mol. The molecule has 0 aliphatic heterocycles. The molecule has 4 rings (SSSR count). The predicted octanol–water partition coefficient (Wildman–Crippen LogP) is 6.75. The Kier molecular flexibility index (Phi) is 6.87. The third-order valence-electron chi connectivity index (χ3n) is 4.99. The van der Waals surface area contributed by atoms with Crippen LogP contribution in [0.3, 0.4) is 0 Å². The largest absolute Gasteiger partial charge is 0.611 e. The van der Waals surface area contributed by atoms with E-state index in [2.05, 4.69) is 0 Å². The predicted molar refractivity (Wildman–Crippen MR) is 132 cm³/mol. The van der Waals surface area contributed by atoms with Crippen molar-refractivity contribution in [1.82, 2.24) is 0 Å². The van der Waals surface area contributed by atoms with E-state index in [0.29, 0.717) is 17.2 Å². The van der Waals surface area contributed by atoms with Crippen LogP contribution < -0.4 is 18.9 Å². The highest BCUT2D eigenvalue weighted by atomic mass is 17.0. The molecule has 0 unspecified atom stereocenters. The number of hydrogen-bond donors (Lipinski definition) is 0. The number of benzene rings is 4. The van der Waals surface area contributed by atoms with E-state index in [1.54, 1.807) is 18.2 Å². The normalized spacial score (nSPS) is 10.9. The van der Waals surface area contributed by atoms with Crippen molar-refractivity contribution >= 4 is 5.69 Å². The van der Waals surface area contributed by atoms with E-state index in [4.69, 9.17) is 18.9 Å². The van der Waals surface area contributed by atoms with Crippen LogP contribution in [0.4, 0.5) is 5.69 Å². The molecule has 0 spiro atoms. The fraction of sp³-hybridized carbons (Fsp3) is 0.143. The molecule has 0 fully saturated rings. The Morgan fingerprint density at radius 1 is 0.571 bits per heavy atom. The maximum absolute atomic E-state index is 11.1. The molecule has 0 aromatic heterocycles. The quantitative estimate of drug-likeness (QED) is 0.153. The second-order valence-corrected chi connectivity index (χ2v) is 8.11.